The van der Waals surface area contributed by atoms with Gasteiger partial charge in [0.2, 0.25) is 5.91 Å². The third-order valence-electron chi connectivity index (χ3n) is 2.54. The summed E-state index contributed by atoms with van der Waals surface area (Å²) >= 11 is 0. The Labute approximate surface area is 102 Å². The predicted octanol–water partition coefficient (Wildman–Crippen LogP) is 0.228. The van der Waals surface area contributed by atoms with Gasteiger partial charge < -0.3 is 15.4 Å². The number of piperidine rings is 1. The summed E-state index contributed by atoms with van der Waals surface area (Å²) in [5.74, 6) is -0.535. The van der Waals surface area contributed by atoms with Crippen LogP contribution in [0.3, 0.4) is 0 Å². The van der Waals surface area contributed by atoms with Crippen molar-refractivity contribution >= 4 is 24.3 Å². The lowest BCUT2D eigenvalue weighted by molar-refractivity contribution is -0.144. The van der Waals surface area contributed by atoms with E-state index < -0.39 is 12.0 Å². The first kappa shape index (κ1) is 15.2. The SMILES string of the molecule is COC(=O)C(C)NC(=O)C1CCCCN1.Cl. The quantitative estimate of drug-likeness (QED) is 0.704. The molecule has 0 radical (unpaired) electrons. The lowest BCUT2D eigenvalue weighted by Gasteiger charge is -2.23. The van der Waals surface area contributed by atoms with E-state index in [0.717, 1.165) is 25.8 Å². The fourth-order valence-corrected chi connectivity index (χ4v) is 1.63. The number of hydrogen-bond donors (Lipinski definition) is 2. The van der Waals surface area contributed by atoms with Crippen LogP contribution in [0.4, 0.5) is 0 Å². The minimum Gasteiger partial charge on any atom is -0.467 e. The Bertz CT molecular complexity index is 242. The highest BCUT2D eigenvalue weighted by Crippen LogP contribution is 2.07. The van der Waals surface area contributed by atoms with Crippen molar-refractivity contribution in [2.45, 2.75) is 38.3 Å². The molecule has 2 unspecified atom stereocenters. The van der Waals surface area contributed by atoms with E-state index in [1.165, 1.54) is 7.11 Å². The van der Waals surface area contributed by atoms with Gasteiger partial charge in [0.15, 0.2) is 0 Å². The second-order valence-electron chi connectivity index (χ2n) is 3.76. The molecule has 2 N–H and O–H groups in total. The third kappa shape index (κ3) is 4.37. The summed E-state index contributed by atoms with van der Waals surface area (Å²) in [7, 11) is 1.31. The maximum atomic E-state index is 11.6. The average Bonchev–Trinajstić information content (AvgIpc) is 2.29. The zero-order chi connectivity index (χ0) is 11.3. The lowest BCUT2D eigenvalue weighted by Crippen LogP contribution is -2.50. The predicted molar refractivity (Wildman–Crippen MR) is 62.5 cm³/mol. The lowest BCUT2D eigenvalue weighted by atomic mass is 10.0. The molecule has 6 heteroatoms. The Morgan fingerprint density at radius 2 is 2.12 bits per heavy atom. The van der Waals surface area contributed by atoms with Gasteiger partial charge in [-0.15, -0.1) is 12.4 Å². The van der Waals surface area contributed by atoms with Gasteiger partial charge in [0.25, 0.3) is 0 Å². The molecular weight excluding hydrogens is 232 g/mol. The smallest absolute Gasteiger partial charge is 0.328 e. The highest BCUT2D eigenvalue weighted by Gasteiger charge is 2.23. The number of rotatable bonds is 3. The van der Waals surface area contributed by atoms with Crippen LogP contribution in [0.2, 0.25) is 0 Å². The Morgan fingerprint density at radius 1 is 1.44 bits per heavy atom. The molecule has 0 bridgehead atoms. The minimum absolute atomic E-state index is 0. The molecule has 1 heterocycles. The standard InChI is InChI=1S/C10H18N2O3.ClH/c1-7(10(14)15-2)12-9(13)8-5-3-4-6-11-8;/h7-8,11H,3-6H2,1-2H3,(H,12,13);1H. The largest absolute Gasteiger partial charge is 0.467 e. The molecule has 0 saturated carbocycles. The maximum Gasteiger partial charge on any atom is 0.328 e. The van der Waals surface area contributed by atoms with Crippen molar-refractivity contribution in [3.05, 3.63) is 0 Å². The Balaban J connectivity index is 0.00000225. The van der Waals surface area contributed by atoms with E-state index in [-0.39, 0.29) is 24.4 Å². The van der Waals surface area contributed by atoms with Crippen LogP contribution in [0.1, 0.15) is 26.2 Å². The Hall–Kier alpha value is -0.810. The summed E-state index contributed by atoms with van der Waals surface area (Å²) in [6.07, 6.45) is 2.99. The van der Waals surface area contributed by atoms with E-state index in [4.69, 9.17) is 0 Å². The molecule has 0 aromatic heterocycles. The monoisotopic (exact) mass is 250 g/mol. The normalized spacial score (nSPS) is 21.5. The van der Waals surface area contributed by atoms with Crippen LogP contribution in [0.5, 0.6) is 0 Å². The van der Waals surface area contributed by atoms with Gasteiger partial charge in [0, 0.05) is 0 Å². The van der Waals surface area contributed by atoms with Gasteiger partial charge in [0.05, 0.1) is 13.2 Å². The molecule has 0 aliphatic carbocycles. The molecule has 0 aromatic carbocycles. The van der Waals surface area contributed by atoms with Gasteiger partial charge in [-0.2, -0.15) is 0 Å². The Kier molecular flexibility index (Phi) is 7.08. The van der Waals surface area contributed by atoms with Gasteiger partial charge in [-0.05, 0) is 26.3 Å². The fraction of sp³-hybridized carbons (Fsp3) is 0.800. The van der Waals surface area contributed by atoms with Crippen LogP contribution in [-0.4, -0.2) is 37.6 Å². The molecule has 1 aliphatic heterocycles. The summed E-state index contributed by atoms with van der Waals surface area (Å²) in [4.78, 5) is 22.7. The highest BCUT2D eigenvalue weighted by atomic mass is 35.5. The molecule has 1 rings (SSSR count). The number of methoxy groups -OCH3 is 1. The molecule has 1 amide bonds. The third-order valence-corrected chi connectivity index (χ3v) is 2.54. The number of nitrogens with one attached hydrogen (secondary N) is 2. The zero-order valence-electron chi connectivity index (χ0n) is 9.62. The first-order chi connectivity index (χ1) is 7.15. The van der Waals surface area contributed by atoms with Gasteiger partial charge in [-0.25, -0.2) is 4.79 Å². The first-order valence-electron chi connectivity index (χ1n) is 5.26. The summed E-state index contributed by atoms with van der Waals surface area (Å²) in [6, 6.07) is -0.739. The van der Waals surface area contributed by atoms with Crippen LogP contribution in [0, 0.1) is 0 Å². The van der Waals surface area contributed by atoms with Gasteiger partial charge in [-0.1, -0.05) is 6.42 Å². The average molecular weight is 251 g/mol. The molecule has 0 spiro atoms. The molecule has 2 atom stereocenters. The summed E-state index contributed by atoms with van der Waals surface area (Å²) < 4.78 is 4.53. The summed E-state index contributed by atoms with van der Waals surface area (Å²) in [5, 5.41) is 5.74. The van der Waals surface area contributed by atoms with E-state index >= 15 is 0 Å². The molecule has 16 heavy (non-hydrogen) atoms. The number of esters is 1. The van der Waals surface area contributed by atoms with Crippen LogP contribution in [0.15, 0.2) is 0 Å². The van der Waals surface area contributed by atoms with Crippen molar-refractivity contribution in [3.63, 3.8) is 0 Å². The van der Waals surface area contributed by atoms with Crippen LogP contribution >= 0.6 is 12.4 Å². The van der Waals surface area contributed by atoms with E-state index in [1.807, 2.05) is 0 Å². The van der Waals surface area contributed by atoms with Crippen molar-refractivity contribution in [2.75, 3.05) is 13.7 Å². The number of halogens is 1. The molecule has 0 aromatic rings. The Morgan fingerprint density at radius 3 is 2.62 bits per heavy atom. The van der Waals surface area contributed by atoms with Crippen molar-refractivity contribution in [1.29, 1.82) is 0 Å². The van der Waals surface area contributed by atoms with E-state index in [2.05, 4.69) is 15.4 Å². The van der Waals surface area contributed by atoms with Crippen molar-refractivity contribution in [1.82, 2.24) is 10.6 Å². The van der Waals surface area contributed by atoms with E-state index in [1.54, 1.807) is 6.92 Å². The van der Waals surface area contributed by atoms with E-state index in [0.29, 0.717) is 0 Å². The topological polar surface area (TPSA) is 67.4 Å². The molecule has 1 aliphatic rings. The number of ether oxygens (including phenoxy) is 1. The molecule has 1 fully saturated rings. The van der Waals surface area contributed by atoms with Crippen LogP contribution in [-0.2, 0) is 14.3 Å². The first-order valence-corrected chi connectivity index (χ1v) is 5.26. The highest BCUT2D eigenvalue weighted by molar-refractivity contribution is 5.87. The molecular formula is C10H19ClN2O3. The van der Waals surface area contributed by atoms with Gasteiger partial charge in [0.1, 0.15) is 6.04 Å². The van der Waals surface area contributed by atoms with Crippen molar-refractivity contribution in [3.8, 4) is 0 Å². The molecule has 94 valence electrons. The number of carbonyl (C=O) groups excluding carboxylic acids is 2. The zero-order valence-corrected chi connectivity index (χ0v) is 10.4. The van der Waals surface area contributed by atoms with Crippen molar-refractivity contribution < 1.29 is 14.3 Å². The number of carbonyl (C=O) groups is 2. The van der Waals surface area contributed by atoms with Gasteiger partial charge >= 0.3 is 5.97 Å². The molecule has 5 nitrogen and oxygen atoms in total. The number of amides is 1. The van der Waals surface area contributed by atoms with Crippen LogP contribution < -0.4 is 10.6 Å². The second-order valence-corrected chi connectivity index (χ2v) is 3.76. The maximum absolute atomic E-state index is 11.6. The van der Waals surface area contributed by atoms with Crippen LogP contribution in [0.25, 0.3) is 0 Å². The minimum atomic E-state index is -0.578. The summed E-state index contributed by atoms with van der Waals surface area (Å²) in [5.41, 5.74) is 0. The molecule has 1 saturated heterocycles. The second kappa shape index (κ2) is 7.46. The fourth-order valence-electron chi connectivity index (χ4n) is 1.63. The summed E-state index contributed by atoms with van der Waals surface area (Å²) in [6.45, 7) is 2.48. The van der Waals surface area contributed by atoms with Crippen molar-refractivity contribution in [2.24, 2.45) is 0 Å². The van der Waals surface area contributed by atoms with Gasteiger partial charge in [-0.3, -0.25) is 4.79 Å². The number of hydrogen-bond acceptors (Lipinski definition) is 4. The van der Waals surface area contributed by atoms with E-state index in [9.17, 15) is 9.59 Å².